The van der Waals surface area contributed by atoms with E-state index in [4.69, 9.17) is 10.5 Å². The lowest BCUT2D eigenvalue weighted by atomic mass is 10.2. The van der Waals surface area contributed by atoms with Crippen LogP contribution in [0.3, 0.4) is 0 Å². The number of halogens is 1. The molecular weight excluding hydrogens is 247 g/mol. The van der Waals surface area contributed by atoms with Gasteiger partial charge >= 0.3 is 0 Å². The van der Waals surface area contributed by atoms with Gasteiger partial charge in [0, 0.05) is 25.2 Å². The second kappa shape index (κ2) is 4.62. The van der Waals surface area contributed by atoms with Crippen molar-refractivity contribution in [1.29, 1.82) is 0 Å². The summed E-state index contributed by atoms with van der Waals surface area (Å²) in [6.07, 6.45) is 2.09. The van der Waals surface area contributed by atoms with Crippen molar-refractivity contribution in [3.8, 4) is 5.88 Å². The lowest BCUT2D eigenvalue weighted by Gasteiger charge is -2.20. The third kappa shape index (κ3) is 2.08. The maximum Gasteiger partial charge on any atom is 0.213 e. The lowest BCUT2D eigenvalue weighted by molar-refractivity contribution is 0.399. The van der Waals surface area contributed by atoms with Gasteiger partial charge in [-0.1, -0.05) is 0 Å². The van der Waals surface area contributed by atoms with Gasteiger partial charge in [-0.15, -0.1) is 0 Å². The molecule has 0 bridgehead atoms. The number of anilines is 1. The maximum absolute atomic E-state index is 14.1. The van der Waals surface area contributed by atoms with Crippen LogP contribution in [0.4, 0.5) is 10.1 Å². The number of nitrogens with zero attached hydrogens (tertiary/aromatic N) is 3. The first-order valence-corrected chi connectivity index (χ1v) is 6.19. The number of hydrogen-bond donors (Lipinski definition) is 1. The summed E-state index contributed by atoms with van der Waals surface area (Å²) in [5, 5.41) is 0. The maximum atomic E-state index is 14.1. The Hall–Kier alpha value is -1.95. The molecule has 2 aromatic rings. The number of rotatable bonds is 2. The molecule has 2 aromatic heterocycles. The van der Waals surface area contributed by atoms with E-state index in [2.05, 4.69) is 9.97 Å². The molecule has 1 fully saturated rings. The van der Waals surface area contributed by atoms with Crippen molar-refractivity contribution >= 4 is 16.7 Å². The Morgan fingerprint density at radius 3 is 3.00 bits per heavy atom. The van der Waals surface area contributed by atoms with Crippen molar-refractivity contribution in [2.45, 2.75) is 12.5 Å². The first kappa shape index (κ1) is 12.1. The Bertz CT molecular complexity index is 619. The highest BCUT2D eigenvalue weighted by atomic mass is 19.1. The van der Waals surface area contributed by atoms with Crippen molar-refractivity contribution in [3.05, 3.63) is 24.1 Å². The second-order valence-electron chi connectivity index (χ2n) is 4.67. The van der Waals surface area contributed by atoms with Crippen molar-refractivity contribution < 1.29 is 9.13 Å². The average Bonchev–Trinajstić information content (AvgIpc) is 2.84. The molecule has 0 aliphatic carbocycles. The topological polar surface area (TPSA) is 64.3 Å². The highest BCUT2D eigenvalue weighted by Gasteiger charge is 2.24. The van der Waals surface area contributed by atoms with Crippen LogP contribution in [0.25, 0.3) is 11.0 Å². The van der Waals surface area contributed by atoms with Crippen LogP contribution >= 0.6 is 0 Å². The molecule has 5 nitrogen and oxygen atoms in total. The predicted octanol–water partition coefficient (Wildman–Crippen LogP) is 1.31. The van der Waals surface area contributed by atoms with Crippen LogP contribution < -0.4 is 15.4 Å². The number of fused-ring (bicyclic) bond motifs is 1. The van der Waals surface area contributed by atoms with Crippen molar-refractivity contribution in [3.63, 3.8) is 0 Å². The molecule has 0 radical (unpaired) electrons. The second-order valence-corrected chi connectivity index (χ2v) is 4.67. The minimum absolute atomic E-state index is 0.0771. The average molecular weight is 262 g/mol. The minimum atomic E-state index is -0.373. The minimum Gasteiger partial charge on any atom is -0.481 e. The predicted molar refractivity (Wildman–Crippen MR) is 70.9 cm³/mol. The van der Waals surface area contributed by atoms with Crippen molar-refractivity contribution in [2.24, 2.45) is 5.73 Å². The summed E-state index contributed by atoms with van der Waals surface area (Å²) < 4.78 is 19.2. The standard InChI is InChI=1S/C13H15FN4O/c1-19-11-3-2-10-12(17-11)13(9(14)6-16-10)18-5-4-8(15)7-18/h2-3,6,8H,4-5,7,15H2,1H3. The van der Waals surface area contributed by atoms with Gasteiger partial charge in [-0.2, -0.15) is 0 Å². The van der Waals surface area contributed by atoms with Crippen molar-refractivity contribution in [2.75, 3.05) is 25.1 Å². The van der Waals surface area contributed by atoms with E-state index in [9.17, 15) is 4.39 Å². The van der Waals surface area contributed by atoms with Gasteiger partial charge in [0.15, 0.2) is 5.82 Å². The number of aromatic nitrogens is 2. The summed E-state index contributed by atoms with van der Waals surface area (Å²) in [5.41, 5.74) is 7.53. The molecule has 19 heavy (non-hydrogen) atoms. The van der Waals surface area contributed by atoms with Crippen LogP contribution in [0.1, 0.15) is 6.42 Å². The SMILES string of the molecule is COc1ccc2ncc(F)c(N3CCC(N)C3)c2n1. The van der Waals surface area contributed by atoms with E-state index in [1.807, 2.05) is 4.90 Å². The summed E-state index contributed by atoms with van der Waals surface area (Å²) in [5.74, 6) is 0.0759. The van der Waals surface area contributed by atoms with Crippen LogP contribution in [0, 0.1) is 5.82 Å². The largest absolute Gasteiger partial charge is 0.481 e. The Balaban J connectivity index is 2.17. The van der Waals surface area contributed by atoms with E-state index < -0.39 is 0 Å². The third-order valence-electron chi connectivity index (χ3n) is 3.37. The van der Waals surface area contributed by atoms with Gasteiger partial charge in [0.25, 0.3) is 0 Å². The lowest BCUT2D eigenvalue weighted by Crippen LogP contribution is -2.27. The molecule has 1 unspecified atom stereocenters. The van der Waals surface area contributed by atoms with Gasteiger partial charge in [0.1, 0.15) is 11.2 Å². The Morgan fingerprint density at radius 2 is 2.32 bits per heavy atom. The molecule has 3 heterocycles. The fraction of sp³-hybridized carbons (Fsp3) is 0.385. The molecule has 3 rings (SSSR count). The molecule has 0 amide bonds. The summed E-state index contributed by atoms with van der Waals surface area (Å²) in [6.45, 7) is 1.37. The van der Waals surface area contributed by atoms with Crippen LogP contribution in [-0.2, 0) is 0 Å². The van der Waals surface area contributed by atoms with Crippen LogP contribution in [0.15, 0.2) is 18.3 Å². The fourth-order valence-electron chi connectivity index (χ4n) is 2.42. The quantitative estimate of drug-likeness (QED) is 0.884. The fourth-order valence-corrected chi connectivity index (χ4v) is 2.42. The molecule has 0 aromatic carbocycles. The molecule has 1 atom stereocenters. The molecule has 2 N–H and O–H groups in total. The summed E-state index contributed by atoms with van der Waals surface area (Å²) >= 11 is 0. The van der Waals surface area contributed by atoms with Gasteiger partial charge in [0.2, 0.25) is 5.88 Å². The van der Waals surface area contributed by atoms with Crippen LogP contribution in [0.2, 0.25) is 0 Å². The van der Waals surface area contributed by atoms with E-state index in [1.165, 1.54) is 13.3 Å². The van der Waals surface area contributed by atoms with Gasteiger partial charge in [-0.05, 0) is 12.5 Å². The number of hydrogen-bond acceptors (Lipinski definition) is 5. The zero-order valence-corrected chi connectivity index (χ0v) is 10.6. The van der Waals surface area contributed by atoms with E-state index in [-0.39, 0.29) is 11.9 Å². The monoisotopic (exact) mass is 262 g/mol. The summed E-state index contributed by atoms with van der Waals surface area (Å²) in [6, 6.07) is 3.57. The first-order valence-electron chi connectivity index (χ1n) is 6.19. The Kier molecular flexibility index (Phi) is 2.94. The zero-order chi connectivity index (χ0) is 13.4. The molecule has 1 aliphatic rings. The molecule has 0 spiro atoms. The van der Waals surface area contributed by atoms with Crippen molar-refractivity contribution in [1.82, 2.24) is 9.97 Å². The molecule has 6 heteroatoms. The summed E-state index contributed by atoms with van der Waals surface area (Å²) in [4.78, 5) is 10.3. The van der Waals surface area contributed by atoms with E-state index in [0.717, 1.165) is 13.0 Å². The van der Waals surface area contributed by atoms with Gasteiger partial charge in [0.05, 0.1) is 18.8 Å². The molecular formula is C13H15FN4O. The third-order valence-corrected chi connectivity index (χ3v) is 3.37. The number of ether oxygens (including phenoxy) is 1. The van der Waals surface area contributed by atoms with Gasteiger partial charge in [-0.25, -0.2) is 9.37 Å². The first-order chi connectivity index (χ1) is 9.19. The Labute approximate surface area is 110 Å². The van der Waals surface area contributed by atoms with E-state index in [0.29, 0.717) is 29.1 Å². The van der Waals surface area contributed by atoms with Gasteiger partial charge < -0.3 is 15.4 Å². The summed E-state index contributed by atoms with van der Waals surface area (Å²) in [7, 11) is 1.53. The van der Waals surface area contributed by atoms with Gasteiger partial charge in [-0.3, -0.25) is 4.98 Å². The van der Waals surface area contributed by atoms with E-state index in [1.54, 1.807) is 12.1 Å². The smallest absolute Gasteiger partial charge is 0.213 e. The molecule has 1 saturated heterocycles. The molecule has 100 valence electrons. The molecule has 1 aliphatic heterocycles. The Morgan fingerprint density at radius 1 is 1.47 bits per heavy atom. The number of nitrogens with two attached hydrogens (primary N) is 1. The number of methoxy groups -OCH3 is 1. The van der Waals surface area contributed by atoms with Crippen LogP contribution in [0.5, 0.6) is 5.88 Å². The highest BCUT2D eigenvalue weighted by Crippen LogP contribution is 2.30. The van der Waals surface area contributed by atoms with E-state index >= 15 is 0 Å². The van der Waals surface area contributed by atoms with Crippen LogP contribution in [-0.4, -0.2) is 36.2 Å². The normalized spacial score (nSPS) is 19.1. The molecule has 0 saturated carbocycles. The number of pyridine rings is 2. The highest BCUT2D eigenvalue weighted by molar-refractivity contribution is 5.88. The zero-order valence-electron chi connectivity index (χ0n) is 10.6.